The second-order valence-electron chi connectivity index (χ2n) is 9.25. The zero-order valence-corrected chi connectivity index (χ0v) is 23.6. The molecule has 0 saturated carbocycles. The van der Waals surface area contributed by atoms with Crippen LogP contribution in [-0.4, -0.2) is 52.3 Å². The first-order valence-corrected chi connectivity index (χ1v) is 13.1. The molecular weight excluding hydrogens is 532 g/mol. The van der Waals surface area contributed by atoms with Crippen LogP contribution in [0, 0.1) is 11.8 Å². The van der Waals surface area contributed by atoms with Crippen LogP contribution in [0.25, 0.3) is 0 Å². The number of aliphatic hydroxyl groups is 2. The molecule has 2 aromatic rings. The molecule has 0 aliphatic rings. The van der Waals surface area contributed by atoms with Crippen molar-refractivity contribution in [2.45, 2.75) is 52.7 Å². The summed E-state index contributed by atoms with van der Waals surface area (Å²) in [4.78, 5) is 42.9. The molecule has 228 valence electrons. The van der Waals surface area contributed by atoms with E-state index in [1.807, 2.05) is 6.92 Å². The molecule has 41 heavy (non-hydrogen) atoms. The molecule has 2 rings (SSSR count). The van der Waals surface area contributed by atoms with Gasteiger partial charge in [0.1, 0.15) is 0 Å². The Hall–Kier alpha value is -4.36. The van der Waals surface area contributed by atoms with Gasteiger partial charge in [0.05, 0.1) is 19.1 Å². The molecule has 13 nitrogen and oxygen atoms in total. The molecule has 0 aliphatic heterocycles. The number of rotatable bonds is 13. The second-order valence-corrected chi connectivity index (χ2v) is 9.25. The van der Waals surface area contributed by atoms with Crippen LogP contribution in [0.4, 0.5) is 21.0 Å². The van der Waals surface area contributed by atoms with Gasteiger partial charge in [-0.2, -0.15) is 0 Å². The van der Waals surface area contributed by atoms with E-state index >= 15 is 0 Å². The first kappa shape index (κ1) is 36.6. The van der Waals surface area contributed by atoms with Crippen molar-refractivity contribution >= 4 is 35.3 Å². The molecule has 0 spiro atoms. The Morgan fingerprint density at radius 1 is 0.732 bits per heavy atom. The smallest absolute Gasteiger partial charge is 0.312 e. The number of nitrogen functional groups attached to an aromatic ring is 1. The number of carboxylic acids is 1. The summed E-state index contributed by atoms with van der Waals surface area (Å²) in [6.45, 7) is 4.44. The van der Waals surface area contributed by atoms with Gasteiger partial charge in [-0.05, 0) is 61.1 Å². The van der Waals surface area contributed by atoms with Gasteiger partial charge < -0.3 is 48.5 Å². The summed E-state index contributed by atoms with van der Waals surface area (Å²) in [5, 5.41) is 33.7. The molecule has 0 bridgehead atoms. The van der Waals surface area contributed by atoms with Crippen molar-refractivity contribution < 1.29 is 34.5 Å². The molecule has 2 atom stereocenters. The van der Waals surface area contributed by atoms with Crippen LogP contribution in [0.15, 0.2) is 48.5 Å². The third-order valence-corrected chi connectivity index (χ3v) is 5.66. The molecule has 12 N–H and O–H groups in total. The fraction of sp³-hybridized carbons (Fsp3) is 0.429. The minimum Gasteiger partial charge on any atom is -0.481 e. The molecule has 13 heteroatoms. The van der Waals surface area contributed by atoms with Crippen LogP contribution >= 0.6 is 0 Å². The lowest BCUT2D eigenvalue weighted by Crippen LogP contribution is -2.30. The number of primary amides is 2. The molecule has 0 saturated heterocycles. The van der Waals surface area contributed by atoms with Crippen LogP contribution in [0.5, 0.6) is 0 Å². The predicted octanol–water partition coefficient (Wildman–Crippen LogP) is 2.12. The van der Waals surface area contributed by atoms with Gasteiger partial charge in [0.25, 0.3) is 0 Å². The highest BCUT2D eigenvalue weighted by molar-refractivity contribution is 5.92. The predicted molar refractivity (Wildman–Crippen MR) is 157 cm³/mol. The summed E-state index contributed by atoms with van der Waals surface area (Å²) < 4.78 is 0. The minimum atomic E-state index is -0.811. The Balaban J connectivity index is 0.000000645. The van der Waals surface area contributed by atoms with E-state index < -0.39 is 18.0 Å². The highest BCUT2D eigenvalue weighted by Gasteiger charge is 2.13. The Morgan fingerprint density at radius 2 is 1.15 bits per heavy atom. The Kier molecular flexibility index (Phi) is 19.2. The number of hydrogen-bond acceptors (Lipinski definition) is 7. The van der Waals surface area contributed by atoms with Gasteiger partial charge in [0.2, 0.25) is 5.91 Å². The van der Waals surface area contributed by atoms with Crippen molar-refractivity contribution in [1.29, 1.82) is 0 Å². The number of carbonyl (C=O) groups is 4. The van der Waals surface area contributed by atoms with E-state index in [1.165, 1.54) is 0 Å². The number of urea groups is 2. The number of aliphatic hydroxyl groups excluding tert-OH is 2. The maximum Gasteiger partial charge on any atom is 0.312 e. The topological polar surface area (TPSA) is 243 Å². The number of benzene rings is 2. The molecule has 2 aromatic carbocycles. The lowest BCUT2D eigenvalue weighted by atomic mass is 10.0. The number of nitrogens with one attached hydrogen (secondary N) is 3. The number of carboxylic acid groups (broad SMARTS) is 1. The maximum atomic E-state index is 11.9. The molecule has 0 unspecified atom stereocenters. The summed E-state index contributed by atoms with van der Waals surface area (Å²) in [6.07, 6.45) is 2.55. The maximum absolute atomic E-state index is 11.9. The fourth-order valence-corrected chi connectivity index (χ4v) is 3.08. The van der Waals surface area contributed by atoms with Crippen molar-refractivity contribution in [3.8, 4) is 0 Å². The van der Waals surface area contributed by atoms with Crippen LogP contribution in [0.2, 0.25) is 0 Å². The Bertz CT molecular complexity index is 1050. The van der Waals surface area contributed by atoms with E-state index in [0.717, 1.165) is 16.8 Å². The number of nitrogens with two attached hydrogens (primary N) is 3. The average Bonchev–Trinajstić information content (AvgIpc) is 2.94. The summed E-state index contributed by atoms with van der Waals surface area (Å²) in [5.41, 5.74) is 18.3. The van der Waals surface area contributed by atoms with E-state index in [4.69, 9.17) is 32.5 Å². The average molecular weight is 577 g/mol. The van der Waals surface area contributed by atoms with Gasteiger partial charge in [-0.1, -0.05) is 38.1 Å². The van der Waals surface area contributed by atoms with Crippen molar-refractivity contribution in [3.05, 3.63) is 59.7 Å². The Morgan fingerprint density at radius 3 is 1.54 bits per heavy atom. The quantitative estimate of drug-likeness (QED) is 0.126. The van der Waals surface area contributed by atoms with E-state index in [9.17, 15) is 19.2 Å². The van der Waals surface area contributed by atoms with Gasteiger partial charge in [-0.25, -0.2) is 9.59 Å². The van der Waals surface area contributed by atoms with Crippen LogP contribution in [-0.2, 0) is 22.8 Å². The lowest BCUT2D eigenvalue weighted by Gasteiger charge is -2.12. The summed E-state index contributed by atoms with van der Waals surface area (Å²) in [7, 11) is 0. The zero-order valence-electron chi connectivity index (χ0n) is 23.6. The Labute approximate surface area is 240 Å². The first-order chi connectivity index (χ1) is 19.4. The first-order valence-electron chi connectivity index (χ1n) is 13.1. The second kappa shape index (κ2) is 21.5. The highest BCUT2D eigenvalue weighted by atomic mass is 16.4. The summed E-state index contributed by atoms with van der Waals surface area (Å²) in [6, 6.07) is 13.1. The van der Waals surface area contributed by atoms with Crippen molar-refractivity contribution in [3.63, 3.8) is 0 Å². The molecule has 0 radical (unpaired) electrons. The number of aliphatic carboxylic acids is 1. The number of anilines is 2. The number of amides is 5. The van der Waals surface area contributed by atoms with Crippen LogP contribution in [0.1, 0.15) is 50.7 Å². The molecule has 0 fully saturated rings. The third-order valence-electron chi connectivity index (χ3n) is 5.66. The van der Waals surface area contributed by atoms with Crippen molar-refractivity contribution in [2.24, 2.45) is 23.3 Å². The number of carbonyl (C=O) groups excluding carboxylic acids is 3. The van der Waals surface area contributed by atoms with Crippen molar-refractivity contribution in [2.75, 3.05) is 24.1 Å². The lowest BCUT2D eigenvalue weighted by molar-refractivity contribution is -0.141. The van der Waals surface area contributed by atoms with Gasteiger partial charge in [-0.15, -0.1) is 0 Å². The van der Waals surface area contributed by atoms with E-state index in [-0.39, 0.29) is 31.0 Å². The largest absolute Gasteiger partial charge is 0.481 e. The van der Waals surface area contributed by atoms with E-state index in [1.54, 1.807) is 55.5 Å². The summed E-state index contributed by atoms with van der Waals surface area (Å²) >= 11 is 0. The molecule has 0 aromatic heterocycles. The molecule has 0 aliphatic carbocycles. The van der Waals surface area contributed by atoms with Crippen LogP contribution in [0.3, 0.4) is 0 Å². The van der Waals surface area contributed by atoms with Gasteiger partial charge in [0, 0.05) is 30.4 Å². The third kappa shape index (κ3) is 19.4. The summed E-state index contributed by atoms with van der Waals surface area (Å²) in [5.74, 6) is -1.39. The standard InChI is InChI=1S/C14H21N3O3.C7H14N2O3.C7H9NO/c1-10(3-2-8-16-14(15)20)13(19)17-12-6-4-11(9-18)5-7-12;1-5(6(10)11)3-2-4-9-7(8)12;8-7-3-1-6(5-9)2-4-7/h4-7,10,18H,2-3,8-9H2,1H3,(H,17,19)(H3,15,16,20);5H,2-4H2,1H3,(H,10,11)(H3,8,9,12);1-4,9H,5,8H2/t10-;5-;/m00./s1. The van der Waals surface area contributed by atoms with Gasteiger partial charge in [0.15, 0.2) is 0 Å². The monoisotopic (exact) mass is 576 g/mol. The van der Waals surface area contributed by atoms with Crippen LogP contribution < -0.4 is 33.2 Å². The molecular formula is C28H44N6O7. The minimum absolute atomic E-state index is 0.0164. The highest BCUT2D eigenvalue weighted by Crippen LogP contribution is 2.13. The molecule has 0 heterocycles. The van der Waals surface area contributed by atoms with E-state index in [0.29, 0.717) is 44.5 Å². The van der Waals surface area contributed by atoms with Crippen molar-refractivity contribution in [1.82, 2.24) is 10.6 Å². The normalized spacial score (nSPS) is 11.3. The SMILES string of the molecule is C[C@@H](CCCNC(N)=O)C(=O)Nc1ccc(CO)cc1.C[C@@H](CCCNC(N)=O)C(=O)O.Nc1ccc(CO)cc1. The van der Waals surface area contributed by atoms with E-state index in [2.05, 4.69) is 16.0 Å². The van der Waals surface area contributed by atoms with Gasteiger partial charge in [-0.3, -0.25) is 9.59 Å². The zero-order chi connectivity index (χ0) is 31.2. The number of hydrogen-bond donors (Lipinski definition) is 9. The van der Waals surface area contributed by atoms with Gasteiger partial charge >= 0.3 is 18.0 Å². The molecule has 5 amide bonds. The fourth-order valence-electron chi connectivity index (χ4n) is 3.08.